The molecule has 0 spiro atoms. The molecule has 1 aromatic carbocycles. The third-order valence-electron chi connectivity index (χ3n) is 3.79. The van der Waals surface area contributed by atoms with Gasteiger partial charge in [-0.3, -0.25) is 4.79 Å². The van der Waals surface area contributed by atoms with Gasteiger partial charge in [-0.25, -0.2) is 0 Å². The van der Waals surface area contributed by atoms with Gasteiger partial charge in [-0.05, 0) is 17.9 Å². The van der Waals surface area contributed by atoms with Gasteiger partial charge in [0.25, 0.3) is 0 Å². The summed E-state index contributed by atoms with van der Waals surface area (Å²) in [6.45, 7) is 5.04. The second kappa shape index (κ2) is 9.50. The van der Waals surface area contributed by atoms with Crippen molar-refractivity contribution in [3.63, 3.8) is 0 Å². The normalized spacial score (nSPS) is 13.4. The van der Waals surface area contributed by atoms with Gasteiger partial charge in [0.1, 0.15) is 5.92 Å². The number of hydrogen-bond donors (Lipinski definition) is 2. The number of benzene rings is 1. The van der Waals surface area contributed by atoms with E-state index >= 15 is 0 Å². The third-order valence-corrected chi connectivity index (χ3v) is 4.02. The van der Waals surface area contributed by atoms with Gasteiger partial charge in [-0.15, -0.1) is 0 Å². The lowest BCUT2D eigenvalue weighted by atomic mass is 9.96. The van der Waals surface area contributed by atoms with Crippen LogP contribution >= 0.6 is 12.2 Å². The quantitative estimate of drug-likeness (QED) is 0.688. The maximum absolute atomic E-state index is 12.4. The summed E-state index contributed by atoms with van der Waals surface area (Å²) in [5, 5.41) is 3.02. The molecular weight excluding hydrogens is 280 g/mol. The second-order valence-electron chi connectivity index (χ2n) is 5.41. The van der Waals surface area contributed by atoms with Gasteiger partial charge in [0.2, 0.25) is 5.91 Å². The minimum absolute atomic E-state index is 0.0938. The molecule has 2 unspecified atom stereocenters. The lowest BCUT2D eigenvalue weighted by Gasteiger charge is -2.19. The zero-order valence-electron chi connectivity index (χ0n) is 13.0. The summed E-state index contributed by atoms with van der Waals surface area (Å²) in [5.74, 6) is -0.106. The molecule has 0 fully saturated rings. The number of unbranched alkanes of at least 4 members (excludes halogenated alkanes) is 1. The van der Waals surface area contributed by atoms with Crippen LogP contribution in [0.4, 0.5) is 0 Å². The van der Waals surface area contributed by atoms with Crippen molar-refractivity contribution in [2.75, 3.05) is 6.54 Å². The lowest BCUT2D eigenvalue weighted by Crippen LogP contribution is -2.38. The predicted octanol–water partition coefficient (Wildman–Crippen LogP) is 3.39. The van der Waals surface area contributed by atoms with Crippen molar-refractivity contribution in [2.45, 2.75) is 45.4 Å². The average Bonchev–Trinajstić information content (AvgIpc) is 2.48. The van der Waals surface area contributed by atoms with Crippen molar-refractivity contribution in [1.29, 1.82) is 0 Å². The smallest absolute Gasteiger partial charge is 0.234 e. The molecule has 1 amide bonds. The molecule has 2 atom stereocenters. The Morgan fingerprint density at radius 2 is 1.95 bits per heavy atom. The first kappa shape index (κ1) is 17.6. The second-order valence-corrected chi connectivity index (χ2v) is 5.88. The topological polar surface area (TPSA) is 55.1 Å². The number of hydrogen-bond acceptors (Lipinski definition) is 2. The highest BCUT2D eigenvalue weighted by atomic mass is 32.1. The average molecular weight is 306 g/mol. The molecule has 0 radical (unpaired) electrons. The van der Waals surface area contributed by atoms with Crippen LogP contribution in [-0.4, -0.2) is 17.4 Å². The molecule has 0 aliphatic rings. The molecule has 0 bridgehead atoms. The Kier molecular flexibility index (Phi) is 7.98. The van der Waals surface area contributed by atoms with Gasteiger partial charge in [-0.2, -0.15) is 0 Å². The summed E-state index contributed by atoms with van der Waals surface area (Å²) in [7, 11) is 0. The Labute approximate surface area is 133 Å². The fourth-order valence-corrected chi connectivity index (χ4v) is 2.62. The Balaban J connectivity index is 2.64. The standard InChI is InChI=1S/C17H26N2OS/c1-3-5-9-13(4-2)12-19-17(20)15(16(18)21)14-10-7-6-8-11-14/h6-8,10-11,13,15H,3-5,9,12H2,1-2H3,(H2,18,21)(H,19,20). The number of carbonyl (C=O) groups is 1. The zero-order valence-corrected chi connectivity index (χ0v) is 13.8. The van der Waals surface area contributed by atoms with Crippen molar-refractivity contribution >= 4 is 23.1 Å². The van der Waals surface area contributed by atoms with E-state index in [1.54, 1.807) is 0 Å². The van der Waals surface area contributed by atoms with Crippen LogP contribution in [0.3, 0.4) is 0 Å². The summed E-state index contributed by atoms with van der Waals surface area (Å²) in [6.07, 6.45) is 4.61. The Morgan fingerprint density at radius 3 is 2.48 bits per heavy atom. The van der Waals surface area contributed by atoms with Crippen molar-refractivity contribution in [1.82, 2.24) is 5.32 Å². The van der Waals surface area contributed by atoms with Gasteiger partial charge in [0, 0.05) is 6.54 Å². The van der Waals surface area contributed by atoms with E-state index in [-0.39, 0.29) is 10.9 Å². The first-order chi connectivity index (χ1) is 10.1. The molecule has 0 aromatic heterocycles. The molecule has 3 N–H and O–H groups in total. The van der Waals surface area contributed by atoms with E-state index in [1.807, 2.05) is 30.3 Å². The van der Waals surface area contributed by atoms with Gasteiger partial charge < -0.3 is 11.1 Å². The number of nitrogens with one attached hydrogen (secondary N) is 1. The van der Waals surface area contributed by atoms with Crippen LogP contribution in [0.1, 0.15) is 51.0 Å². The minimum atomic E-state index is -0.537. The summed E-state index contributed by atoms with van der Waals surface area (Å²) in [6, 6.07) is 9.47. The van der Waals surface area contributed by atoms with Crippen LogP contribution < -0.4 is 11.1 Å². The number of amides is 1. The molecule has 116 valence electrons. The molecule has 0 aliphatic heterocycles. The number of thiocarbonyl (C=S) groups is 1. The van der Waals surface area contributed by atoms with Gasteiger partial charge in [0.05, 0.1) is 4.99 Å². The van der Waals surface area contributed by atoms with Gasteiger partial charge in [0.15, 0.2) is 0 Å². The minimum Gasteiger partial charge on any atom is -0.392 e. The Hall–Kier alpha value is -1.42. The van der Waals surface area contributed by atoms with E-state index in [0.29, 0.717) is 12.5 Å². The molecule has 0 heterocycles. The van der Waals surface area contributed by atoms with Crippen LogP contribution in [0.5, 0.6) is 0 Å². The molecule has 3 nitrogen and oxygen atoms in total. The highest BCUT2D eigenvalue weighted by Gasteiger charge is 2.23. The molecule has 0 aliphatic carbocycles. The fourth-order valence-electron chi connectivity index (χ4n) is 2.38. The van der Waals surface area contributed by atoms with E-state index in [0.717, 1.165) is 18.4 Å². The highest BCUT2D eigenvalue weighted by molar-refractivity contribution is 7.80. The first-order valence-corrected chi connectivity index (χ1v) is 8.12. The summed E-state index contributed by atoms with van der Waals surface area (Å²) in [4.78, 5) is 12.6. The van der Waals surface area contributed by atoms with E-state index < -0.39 is 5.92 Å². The van der Waals surface area contributed by atoms with Crippen LogP contribution in [0.25, 0.3) is 0 Å². The van der Waals surface area contributed by atoms with E-state index in [9.17, 15) is 4.79 Å². The summed E-state index contributed by atoms with van der Waals surface area (Å²) < 4.78 is 0. The summed E-state index contributed by atoms with van der Waals surface area (Å²) in [5.41, 5.74) is 6.61. The molecule has 1 rings (SSSR count). The number of rotatable bonds is 9. The lowest BCUT2D eigenvalue weighted by molar-refractivity contribution is -0.121. The fraction of sp³-hybridized carbons (Fsp3) is 0.529. The van der Waals surface area contributed by atoms with Crippen LogP contribution in [0.2, 0.25) is 0 Å². The zero-order chi connectivity index (χ0) is 15.7. The van der Waals surface area contributed by atoms with E-state index in [4.69, 9.17) is 18.0 Å². The van der Waals surface area contributed by atoms with Gasteiger partial charge in [-0.1, -0.05) is 75.7 Å². The van der Waals surface area contributed by atoms with Crippen molar-refractivity contribution < 1.29 is 4.79 Å². The van der Waals surface area contributed by atoms with Crippen LogP contribution in [0.15, 0.2) is 30.3 Å². The molecule has 21 heavy (non-hydrogen) atoms. The van der Waals surface area contributed by atoms with E-state index in [1.165, 1.54) is 12.8 Å². The van der Waals surface area contributed by atoms with E-state index in [2.05, 4.69) is 19.2 Å². The van der Waals surface area contributed by atoms with Crippen molar-refractivity contribution in [2.24, 2.45) is 11.7 Å². The van der Waals surface area contributed by atoms with Crippen molar-refractivity contribution in [3.8, 4) is 0 Å². The number of nitrogens with two attached hydrogens (primary N) is 1. The largest absolute Gasteiger partial charge is 0.392 e. The monoisotopic (exact) mass is 306 g/mol. The maximum Gasteiger partial charge on any atom is 0.234 e. The van der Waals surface area contributed by atoms with Crippen molar-refractivity contribution in [3.05, 3.63) is 35.9 Å². The van der Waals surface area contributed by atoms with Crippen LogP contribution in [0, 0.1) is 5.92 Å². The highest BCUT2D eigenvalue weighted by Crippen LogP contribution is 2.17. The summed E-state index contributed by atoms with van der Waals surface area (Å²) >= 11 is 5.07. The Bertz CT molecular complexity index is 447. The number of carbonyl (C=O) groups excluding carboxylic acids is 1. The Morgan fingerprint density at radius 1 is 1.29 bits per heavy atom. The third kappa shape index (κ3) is 5.84. The predicted molar refractivity (Wildman–Crippen MR) is 92.3 cm³/mol. The molecule has 4 heteroatoms. The first-order valence-electron chi connectivity index (χ1n) is 7.72. The molecule has 0 saturated heterocycles. The molecule has 1 aromatic rings. The molecule has 0 saturated carbocycles. The van der Waals surface area contributed by atoms with Crippen LogP contribution in [-0.2, 0) is 4.79 Å². The van der Waals surface area contributed by atoms with Gasteiger partial charge >= 0.3 is 0 Å². The molecular formula is C17H26N2OS. The SMILES string of the molecule is CCCCC(CC)CNC(=O)C(C(N)=S)c1ccccc1. The maximum atomic E-state index is 12.4.